The third-order valence-electron chi connectivity index (χ3n) is 2.27. The summed E-state index contributed by atoms with van der Waals surface area (Å²) < 4.78 is 5.45. The maximum atomic E-state index is 10.6. The van der Waals surface area contributed by atoms with Gasteiger partial charge in [-0.25, -0.2) is 0 Å². The minimum atomic E-state index is -0.440. The lowest BCUT2D eigenvalue weighted by Crippen LogP contribution is -2.20. The zero-order valence-electron chi connectivity index (χ0n) is 10.5. The second kappa shape index (κ2) is 7.45. The standard InChI is InChI=1S/C13H18N2O3/c1-3-7-14-9-11(2)10-18-13-6-4-5-12(8-13)15(16)17/h4-6,8,14H,2-3,7,9-10H2,1H3. The Morgan fingerprint density at radius 3 is 3.00 bits per heavy atom. The second-order valence-electron chi connectivity index (χ2n) is 3.97. The Labute approximate surface area is 107 Å². The van der Waals surface area contributed by atoms with Crippen molar-refractivity contribution in [3.63, 3.8) is 0 Å². The molecule has 1 rings (SSSR count). The molecule has 0 unspecified atom stereocenters. The van der Waals surface area contributed by atoms with Crippen LogP contribution in [0.5, 0.6) is 5.75 Å². The molecule has 0 radical (unpaired) electrons. The lowest BCUT2D eigenvalue weighted by molar-refractivity contribution is -0.384. The van der Waals surface area contributed by atoms with Crippen LogP contribution in [-0.4, -0.2) is 24.6 Å². The van der Waals surface area contributed by atoms with Gasteiger partial charge < -0.3 is 10.1 Å². The molecule has 0 bridgehead atoms. The van der Waals surface area contributed by atoms with Gasteiger partial charge in [-0.2, -0.15) is 0 Å². The van der Waals surface area contributed by atoms with Crippen molar-refractivity contribution in [2.45, 2.75) is 13.3 Å². The highest BCUT2D eigenvalue weighted by atomic mass is 16.6. The summed E-state index contributed by atoms with van der Waals surface area (Å²) in [5, 5.41) is 13.8. The van der Waals surface area contributed by atoms with Crippen LogP contribution in [0.3, 0.4) is 0 Å². The van der Waals surface area contributed by atoms with Crippen molar-refractivity contribution < 1.29 is 9.66 Å². The molecular weight excluding hydrogens is 232 g/mol. The number of non-ortho nitro benzene ring substituents is 1. The minimum Gasteiger partial charge on any atom is -0.489 e. The van der Waals surface area contributed by atoms with E-state index in [2.05, 4.69) is 18.8 Å². The summed E-state index contributed by atoms with van der Waals surface area (Å²) in [5.41, 5.74) is 0.942. The first kappa shape index (κ1) is 14.2. The Bertz CT molecular complexity index is 418. The van der Waals surface area contributed by atoms with Crippen LogP contribution in [0.15, 0.2) is 36.4 Å². The number of nitrogens with one attached hydrogen (secondary N) is 1. The molecule has 0 aromatic heterocycles. The van der Waals surface area contributed by atoms with Gasteiger partial charge in [0.1, 0.15) is 12.4 Å². The van der Waals surface area contributed by atoms with Crippen molar-refractivity contribution in [1.82, 2.24) is 5.32 Å². The normalized spacial score (nSPS) is 10.1. The quantitative estimate of drug-likeness (QED) is 0.333. The average Bonchev–Trinajstić information content (AvgIpc) is 2.37. The predicted molar refractivity (Wildman–Crippen MR) is 70.9 cm³/mol. The molecule has 5 nitrogen and oxygen atoms in total. The van der Waals surface area contributed by atoms with Crippen LogP contribution in [0.4, 0.5) is 5.69 Å². The number of hydrogen-bond acceptors (Lipinski definition) is 4. The van der Waals surface area contributed by atoms with Crippen LogP contribution in [0.1, 0.15) is 13.3 Å². The molecule has 0 saturated carbocycles. The zero-order valence-corrected chi connectivity index (χ0v) is 10.5. The molecule has 0 aliphatic carbocycles. The molecular formula is C13H18N2O3. The van der Waals surface area contributed by atoms with Crippen molar-refractivity contribution in [2.24, 2.45) is 0 Å². The number of rotatable bonds is 8. The molecule has 0 atom stereocenters. The Hall–Kier alpha value is -1.88. The fourth-order valence-corrected chi connectivity index (χ4v) is 1.37. The third-order valence-corrected chi connectivity index (χ3v) is 2.27. The summed E-state index contributed by atoms with van der Waals surface area (Å²) in [6.07, 6.45) is 1.07. The van der Waals surface area contributed by atoms with Gasteiger partial charge in [0.15, 0.2) is 0 Å². The lowest BCUT2D eigenvalue weighted by Gasteiger charge is -2.09. The van der Waals surface area contributed by atoms with E-state index in [0.29, 0.717) is 18.9 Å². The molecule has 0 aliphatic heterocycles. The van der Waals surface area contributed by atoms with Crippen LogP contribution in [0.25, 0.3) is 0 Å². The molecule has 0 aliphatic rings. The van der Waals surface area contributed by atoms with Crippen LogP contribution in [-0.2, 0) is 0 Å². The Morgan fingerprint density at radius 1 is 1.56 bits per heavy atom. The van der Waals surface area contributed by atoms with E-state index in [0.717, 1.165) is 18.5 Å². The minimum absolute atomic E-state index is 0.0298. The zero-order chi connectivity index (χ0) is 13.4. The molecule has 18 heavy (non-hydrogen) atoms. The fourth-order valence-electron chi connectivity index (χ4n) is 1.37. The molecule has 1 aromatic carbocycles. The molecule has 0 saturated heterocycles. The van der Waals surface area contributed by atoms with Crippen LogP contribution >= 0.6 is 0 Å². The second-order valence-corrected chi connectivity index (χ2v) is 3.97. The van der Waals surface area contributed by atoms with Gasteiger partial charge in [0.05, 0.1) is 11.0 Å². The monoisotopic (exact) mass is 250 g/mol. The summed E-state index contributed by atoms with van der Waals surface area (Å²) in [6.45, 7) is 7.97. The first-order valence-electron chi connectivity index (χ1n) is 5.88. The molecule has 0 heterocycles. The van der Waals surface area contributed by atoms with Crippen LogP contribution < -0.4 is 10.1 Å². The smallest absolute Gasteiger partial charge is 0.273 e. The van der Waals surface area contributed by atoms with E-state index < -0.39 is 4.92 Å². The fraction of sp³-hybridized carbons (Fsp3) is 0.385. The summed E-state index contributed by atoms with van der Waals surface area (Å²) in [5.74, 6) is 0.487. The Balaban J connectivity index is 2.41. The van der Waals surface area contributed by atoms with Gasteiger partial charge >= 0.3 is 0 Å². The van der Waals surface area contributed by atoms with Gasteiger partial charge in [0.2, 0.25) is 0 Å². The first-order chi connectivity index (χ1) is 8.63. The van der Waals surface area contributed by atoms with E-state index >= 15 is 0 Å². The predicted octanol–water partition coefficient (Wildman–Crippen LogP) is 2.53. The number of nitro groups is 1. The number of nitro benzene ring substituents is 1. The summed E-state index contributed by atoms with van der Waals surface area (Å²) >= 11 is 0. The van der Waals surface area contributed by atoms with Crippen molar-refractivity contribution in [2.75, 3.05) is 19.7 Å². The summed E-state index contributed by atoms with van der Waals surface area (Å²) in [7, 11) is 0. The first-order valence-corrected chi connectivity index (χ1v) is 5.88. The maximum absolute atomic E-state index is 10.6. The molecule has 5 heteroatoms. The van der Waals surface area contributed by atoms with Gasteiger partial charge in [-0.3, -0.25) is 10.1 Å². The number of hydrogen-bond donors (Lipinski definition) is 1. The number of nitrogens with zero attached hydrogens (tertiary/aromatic N) is 1. The van der Waals surface area contributed by atoms with Crippen molar-refractivity contribution >= 4 is 5.69 Å². The van der Waals surface area contributed by atoms with Crippen molar-refractivity contribution in [3.8, 4) is 5.75 Å². The molecule has 98 valence electrons. The topological polar surface area (TPSA) is 64.4 Å². The van der Waals surface area contributed by atoms with Crippen molar-refractivity contribution in [3.05, 3.63) is 46.5 Å². The van der Waals surface area contributed by atoms with E-state index in [9.17, 15) is 10.1 Å². The SMILES string of the molecule is C=C(CNCCC)COc1cccc([N+](=O)[O-])c1. The largest absolute Gasteiger partial charge is 0.489 e. The van der Waals surface area contributed by atoms with Crippen molar-refractivity contribution in [1.29, 1.82) is 0 Å². The maximum Gasteiger partial charge on any atom is 0.273 e. The number of benzene rings is 1. The lowest BCUT2D eigenvalue weighted by atomic mass is 10.3. The third kappa shape index (κ3) is 4.97. The van der Waals surface area contributed by atoms with E-state index in [1.54, 1.807) is 12.1 Å². The van der Waals surface area contributed by atoms with Gasteiger partial charge in [-0.1, -0.05) is 19.6 Å². The van der Waals surface area contributed by atoms with Gasteiger partial charge in [-0.15, -0.1) is 0 Å². The van der Waals surface area contributed by atoms with E-state index in [-0.39, 0.29) is 5.69 Å². The van der Waals surface area contributed by atoms with Gasteiger partial charge in [-0.05, 0) is 24.6 Å². The van der Waals surface area contributed by atoms with E-state index in [4.69, 9.17) is 4.74 Å². The van der Waals surface area contributed by atoms with Crippen LogP contribution in [0, 0.1) is 10.1 Å². The Kier molecular flexibility index (Phi) is 5.87. The highest BCUT2D eigenvalue weighted by molar-refractivity contribution is 5.38. The van der Waals surface area contributed by atoms with E-state index in [1.165, 1.54) is 12.1 Å². The molecule has 0 spiro atoms. The highest BCUT2D eigenvalue weighted by Crippen LogP contribution is 2.19. The van der Waals surface area contributed by atoms with E-state index in [1.807, 2.05) is 0 Å². The summed E-state index contributed by atoms with van der Waals surface area (Å²) in [4.78, 5) is 10.1. The number of ether oxygens (including phenoxy) is 1. The summed E-state index contributed by atoms with van der Waals surface area (Å²) in [6, 6.07) is 6.14. The van der Waals surface area contributed by atoms with Gasteiger partial charge in [0.25, 0.3) is 5.69 Å². The average molecular weight is 250 g/mol. The Morgan fingerprint density at radius 2 is 2.33 bits per heavy atom. The van der Waals surface area contributed by atoms with Crippen LogP contribution in [0.2, 0.25) is 0 Å². The highest BCUT2D eigenvalue weighted by Gasteiger charge is 2.06. The van der Waals surface area contributed by atoms with Gasteiger partial charge in [0, 0.05) is 12.6 Å². The molecule has 0 amide bonds. The molecule has 1 aromatic rings. The molecule has 1 N–H and O–H groups in total. The molecule has 0 fully saturated rings.